The smallest absolute Gasteiger partial charge is 0.221 e. The standard InChI is InChI=1S/C31H24F2N4O4/c1-17(38)35-23-7-5-18(6-8-23)16-34-24-9-10-26-27(15-24)37-31(36-26)28(29(40)19-3-2-4-25(39)13-19)30(41)20-11-21(32)14-22(33)12-20/h2-15,34,39,41H,16H2,1H3,(H,35,38)(H,36,37)/b30-28-. The lowest BCUT2D eigenvalue weighted by Gasteiger charge is -2.10. The molecule has 1 aromatic heterocycles. The molecule has 0 aliphatic heterocycles. The predicted molar refractivity (Wildman–Crippen MR) is 152 cm³/mol. The van der Waals surface area contributed by atoms with Crippen LogP contribution in [0.15, 0.2) is 84.9 Å². The van der Waals surface area contributed by atoms with Gasteiger partial charge in [0.15, 0.2) is 0 Å². The molecule has 0 unspecified atom stereocenters. The minimum atomic E-state index is -0.930. The van der Waals surface area contributed by atoms with Gasteiger partial charge in [-0.3, -0.25) is 9.59 Å². The predicted octanol–water partition coefficient (Wildman–Crippen LogP) is 6.43. The molecule has 10 heteroatoms. The fraction of sp³-hybridized carbons (Fsp3) is 0.0645. The van der Waals surface area contributed by atoms with Crippen molar-refractivity contribution in [2.75, 3.05) is 10.6 Å². The normalized spacial score (nSPS) is 11.7. The number of amides is 1. The molecule has 1 amide bonds. The Kier molecular flexibility index (Phi) is 7.47. The van der Waals surface area contributed by atoms with Gasteiger partial charge in [-0.05, 0) is 60.2 Å². The zero-order chi connectivity index (χ0) is 29.1. The number of Topliss-reactive ketones (excluding diaryl/α,β-unsaturated/α-hetero) is 1. The van der Waals surface area contributed by atoms with Gasteiger partial charge in [0.05, 0.1) is 11.0 Å². The van der Waals surface area contributed by atoms with Crippen LogP contribution in [0, 0.1) is 11.6 Å². The van der Waals surface area contributed by atoms with Crippen LogP contribution in [0.2, 0.25) is 0 Å². The quantitative estimate of drug-likeness (QED) is 0.0855. The molecule has 206 valence electrons. The summed E-state index contributed by atoms with van der Waals surface area (Å²) in [5.41, 5.74) is 2.87. The summed E-state index contributed by atoms with van der Waals surface area (Å²) >= 11 is 0. The largest absolute Gasteiger partial charge is 0.508 e. The Morgan fingerprint density at radius 1 is 0.878 bits per heavy atom. The number of fused-ring (bicyclic) bond motifs is 1. The lowest BCUT2D eigenvalue weighted by Crippen LogP contribution is -2.08. The second kappa shape index (κ2) is 11.3. The van der Waals surface area contributed by atoms with Crippen molar-refractivity contribution in [2.45, 2.75) is 13.5 Å². The van der Waals surface area contributed by atoms with Gasteiger partial charge >= 0.3 is 0 Å². The molecule has 5 rings (SSSR count). The van der Waals surface area contributed by atoms with E-state index in [4.69, 9.17) is 0 Å². The van der Waals surface area contributed by atoms with Crippen LogP contribution in [0.1, 0.15) is 34.2 Å². The van der Waals surface area contributed by atoms with Gasteiger partial charge in [-0.25, -0.2) is 13.8 Å². The van der Waals surface area contributed by atoms with E-state index in [2.05, 4.69) is 20.6 Å². The van der Waals surface area contributed by atoms with Crippen molar-refractivity contribution >= 4 is 45.4 Å². The topological polar surface area (TPSA) is 127 Å². The molecular weight excluding hydrogens is 530 g/mol. The number of H-pyrrole nitrogens is 1. The Balaban J connectivity index is 1.49. The Morgan fingerprint density at radius 2 is 1.59 bits per heavy atom. The molecule has 5 N–H and O–H groups in total. The molecule has 5 aromatic rings. The number of hydrogen-bond donors (Lipinski definition) is 5. The van der Waals surface area contributed by atoms with E-state index in [0.29, 0.717) is 29.3 Å². The molecule has 1 heterocycles. The van der Waals surface area contributed by atoms with Crippen molar-refractivity contribution in [3.05, 3.63) is 119 Å². The van der Waals surface area contributed by atoms with E-state index in [0.717, 1.165) is 23.4 Å². The van der Waals surface area contributed by atoms with Crippen LogP contribution in [0.4, 0.5) is 20.2 Å². The summed E-state index contributed by atoms with van der Waals surface area (Å²) in [5.74, 6) is -3.61. The van der Waals surface area contributed by atoms with E-state index in [1.54, 1.807) is 30.3 Å². The number of aliphatic hydroxyl groups excluding tert-OH is 1. The number of rotatable bonds is 8. The minimum Gasteiger partial charge on any atom is -0.508 e. The van der Waals surface area contributed by atoms with Crippen LogP contribution in [0.3, 0.4) is 0 Å². The van der Waals surface area contributed by atoms with E-state index in [9.17, 15) is 28.6 Å². The number of nitrogens with zero attached hydrogens (tertiary/aromatic N) is 1. The third-order valence-electron chi connectivity index (χ3n) is 6.20. The number of ketones is 1. The van der Waals surface area contributed by atoms with Crippen molar-refractivity contribution in [1.82, 2.24) is 9.97 Å². The van der Waals surface area contributed by atoms with Crippen molar-refractivity contribution in [2.24, 2.45) is 0 Å². The van der Waals surface area contributed by atoms with Crippen molar-refractivity contribution < 1.29 is 28.6 Å². The van der Waals surface area contributed by atoms with Crippen LogP contribution in [-0.4, -0.2) is 31.9 Å². The third kappa shape index (κ3) is 6.22. The van der Waals surface area contributed by atoms with E-state index >= 15 is 0 Å². The number of allylic oxidation sites excluding steroid dienone is 1. The maximum absolute atomic E-state index is 14.0. The highest BCUT2D eigenvalue weighted by Gasteiger charge is 2.24. The van der Waals surface area contributed by atoms with Gasteiger partial charge in [-0.1, -0.05) is 24.3 Å². The lowest BCUT2D eigenvalue weighted by molar-refractivity contribution is -0.114. The molecule has 0 aliphatic rings. The maximum atomic E-state index is 14.0. The average molecular weight is 555 g/mol. The van der Waals surface area contributed by atoms with Gasteiger partial charge in [0, 0.05) is 42.0 Å². The van der Waals surface area contributed by atoms with E-state index < -0.39 is 23.2 Å². The number of phenolic OH excluding ortho intramolecular Hbond substituents is 1. The number of imidazole rings is 1. The number of benzene rings is 4. The molecule has 0 saturated heterocycles. The minimum absolute atomic E-state index is 0.0266. The van der Waals surface area contributed by atoms with Gasteiger partial charge < -0.3 is 25.8 Å². The van der Waals surface area contributed by atoms with Crippen LogP contribution in [-0.2, 0) is 11.3 Å². The molecular formula is C31H24F2N4O4. The number of aromatic amines is 1. The number of aliphatic hydroxyl groups is 1. The number of anilines is 2. The molecule has 0 atom stereocenters. The second-order valence-electron chi connectivity index (χ2n) is 9.31. The molecule has 0 bridgehead atoms. The highest BCUT2D eigenvalue weighted by molar-refractivity contribution is 6.33. The number of nitrogens with one attached hydrogen (secondary N) is 3. The highest BCUT2D eigenvalue weighted by atomic mass is 19.1. The zero-order valence-electron chi connectivity index (χ0n) is 21.7. The van der Waals surface area contributed by atoms with Crippen LogP contribution in [0.25, 0.3) is 22.4 Å². The first-order valence-corrected chi connectivity index (χ1v) is 12.5. The molecule has 8 nitrogen and oxygen atoms in total. The molecule has 0 fully saturated rings. The van der Waals surface area contributed by atoms with E-state index in [-0.39, 0.29) is 34.2 Å². The summed E-state index contributed by atoms with van der Waals surface area (Å²) in [6, 6.07) is 20.6. The van der Waals surface area contributed by atoms with Crippen molar-refractivity contribution in [3.8, 4) is 5.75 Å². The van der Waals surface area contributed by atoms with Crippen LogP contribution in [0.5, 0.6) is 5.75 Å². The van der Waals surface area contributed by atoms with Crippen LogP contribution >= 0.6 is 0 Å². The van der Waals surface area contributed by atoms with Gasteiger partial charge in [0.2, 0.25) is 11.7 Å². The molecule has 0 radical (unpaired) electrons. The number of aromatic hydroxyl groups is 1. The zero-order valence-corrected chi connectivity index (χ0v) is 21.7. The Hall–Kier alpha value is -5.51. The molecule has 0 aliphatic carbocycles. The first-order chi connectivity index (χ1) is 19.7. The number of hydrogen-bond acceptors (Lipinski definition) is 6. The molecule has 0 spiro atoms. The first kappa shape index (κ1) is 27.1. The fourth-order valence-corrected chi connectivity index (χ4v) is 4.30. The summed E-state index contributed by atoms with van der Waals surface area (Å²) < 4.78 is 27.9. The van der Waals surface area contributed by atoms with Gasteiger partial charge in [-0.15, -0.1) is 0 Å². The Morgan fingerprint density at radius 3 is 2.27 bits per heavy atom. The molecule has 0 saturated carbocycles. The van der Waals surface area contributed by atoms with Gasteiger partial charge in [-0.2, -0.15) is 0 Å². The summed E-state index contributed by atoms with van der Waals surface area (Å²) in [6.45, 7) is 1.93. The lowest BCUT2D eigenvalue weighted by atomic mass is 9.98. The average Bonchev–Trinajstić information content (AvgIpc) is 3.34. The van der Waals surface area contributed by atoms with E-state index in [1.165, 1.54) is 31.2 Å². The number of halogens is 2. The van der Waals surface area contributed by atoms with Crippen LogP contribution < -0.4 is 10.6 Å². The Labute approximate surface area is 233 Å². The number of phenols is 1. The number of carbonyl (C=O) groups is 2. The van der Waals surface area contributed by atoms with Gasteiger partial charge in [0.1, 0.15) is 34.5 Å². The number of aromatic nitrogens is 2. The second-order valence-corrected chi connectivity index (χ2v) is 9.31. The third-order valence-corrected chi connectivity index (χ3v) is 6.20. The van der Waals surface area contributed by atoms with Gasteiger partial charge in [0.25, 0.3) is 0 Å². The summed E-state index contributed by atoms with van der Waals surface area (Å²) in [4.78, 5) is 32.3. The fourth-order valence-electron chi connectivity index (χ4n) is 4.30. The summed E-state index contributed by atoms with van der Waals surface area (Å²) in [6.07, 6.45) is 0. The molecule has 4 aromatic carbocycles. The highest BCUT2D eigenvalue weighted by Crippen LogP contribution is 2.30. The summed E-state index contributed by atoms with van der Waals surface area (Å²) in [5, 5.41) is 27.0. The Bertz CT molecular complexity index is 1790. The number of carbonyl (C=O) groups excluding carboxylic acids is 2. The summed E-state index contributed by atoms with van der Waals surface area (Å²) in [7, 11) is 0. The SMILES string of the molecule is CC(=O)Nc1ccc(CNc2ccc3nc(/C(C(=O)c4cccc(O)c4)=C(\O)c4cc(F)cc(F)c4)[nH]c3c2)cc1. The molecule has 41 heavy (non-hydrogen) atoms. The van der Waals surface area contributed by atoms with Crippen molar-refractivity contribution in [1.29, 1.82) is 0 Å². The van der Waals surface area contributed by atoms with Crippen molar-refractivity contribution in [3.63, 3.8) is 0 Å². The first-order valence-electron chi connectivity index (χ1n) is 12.5. The maximum Gasteiger partial charge on any atom is 0.221 e. The van der Waals surface area contributed by atoms with E-state index in [1.807, 2.05) is 12.1 Å². The monoisotopic (exact) mass is 554 g/mol.